The quantitative estimate of drug-likeness (QED) is 0.231. The van der Waals surface area contributed by atoms with Crippen LogP contribution in [-0.4, -0.2) is 33.7 Å². The standard InChI is InChI=1S/C24H18Cl2F4N8O2/c1-35-8-13-4-19(14(24(28,29)30)5-18(13)33-35)32-21-7-22(39)38(10-20-31-11-36(2)34-20)23(40)37(21)9-12-3-15(25)16(26)6-17(12)27/h3-8,11,32H,9-10H2,1-2H3. The number of rotatable bonds is 6. The highest BCUT2D eigenvalue weighted by molar-refractivity contribution is 6.42. The van der Waals surface area contributed by atoms with Gasteiger partial charge in [-0.2, -0.15) is 23.4 Å². The van der Waals surface area contributed by atoms with Gasteiger partial charge in [-0.05, 0) is 24.3 Å². The number of benzene rings is 2. The number of aryl methyl sites for hydroxylation is 2. The molecule has 0 unspecified atom stereocenters. The molecule has 5 aromatic rings. The number of halogens is 6. The van der Waals surface area contributed by atoms with Crippen LogP contribution in [0, 0.1) is 5.82 Å². The molecule has 0 aliphatic rings. The van der Waals surface area contributed by atoms with E-state index in [9.17, 15) is 27.2 Å². The predicted molar refractivity (Wildman–Crippen MR) is 140 cm³/mol. The number of fused-ring (bicyclic) bond motifs is 1. The minimum absolute atomic E-state index is 0.00646. The first-order chi connectivity index (χ1) is 18.8. The average Bonchev–Trinajstić information content (AvgIpc) is 3.44. The van der Waals surface area contributed by atoms with Gasteiger partial charge in [0.15, 0.2) is 5.82 Å². The summed E-state index contributed by atoms with van der Waals surface area (Å²) in [5, 5.41) is 10.9. The predicted octanol–water partition coefficient (Wildman–Crippen LogP) is 4.33. The second-order valence-electron chi connectivity index (χ2n) is 8.90. The van der Waals surface area contributed by atoms with Gasteiger partial charge in [-0.3, -0.25) is 23.3 Å². The van der Waals surface area contributed by atoms with Gasteiger partial charge in [0.05, 0.1) is 39.9 Å². The molecule has 208 valence electrons. The molecule has 10 nitrogen and oxygen atoms in total. The van der Waals surface area contributed by atoms with E-state index in [1.165, 1.54) is 34.0 Å². The molecule has 0 aliphatic heterocycles. The minimum Gasteiger partial charge on any atom is -0.341 e. The van der Waals surface area contributed by atoms with Gasteiger partial charge in [0, 0.05) is 37.3 Å². The summed E-state index contributed by atoms with van der Waals surface area (Å²) in [6.45, 7) is -0.839. The van der Waals surface area contributed by atoms with E-state index < -0.39 is 41.0 Å². The van der Waals surface area contributed by atoms with Gasteiger partial charge < -0.3 is 5.32 Å². The normalized spacial score (nSPS) is 11.9. The Kier molecular flexibility index (Phi) is 6.92. The van der Waals surface area contributed by atoms with E-state index in [1.54, 1.807) is 14.1 Å². The number of alkyl halides is 3. The summed E-state index contributed by atoms with van der Waals surface area (Å²) in [5.41, 5.74) is -3.33. The highest BCUT2D eigenvalue weighted by atomic mass is 35.5. The molecule has 16 heteroatoms. The fourth-order valence-corrected chi connectivity index (χ4v) is 4.48. The average molecular weight is 597 g/mol. The fraction of sp³-hybridized carbons (Fsp3) is 0.208. The number of hydrogen-bond acceptors (Lipinski definition) is 6. The van der Waals surface area contributed by atoms with E-state index in [0.717, 1.165) is 27.3 Å². The van der Waals surface area contributed by atoms with Crippen LogP contribution in [0.4, 0.5) is 29.1 Å². The van der Waals surface area contributed by atoms with E-state index in [-0.39, 0.29) is 39.3 Å². The highest BCUT2D eigenvalue weighted by Crippen LogP contribution is 2.38. The van der Waals surface area contributed by atoms with Crippen molar-refractivity contribution < 1.29 is 17.6 Å². The molecule has 0 fully saturated rings. The molecule has 1 N–H and O–H groups in total. The molecule has 3 aromatic heterocycles. The van der Waals surface area contributed by atoms with Crippen LogP contribution in [-0.2, 0) is 33.4 Å². The smallest absolute Gasteiger partial charge is 0.341 e. The van der Waals surface area contributed by atoms with Gasteiger partial charge in [-0.1, -0.05) is 23.2 Å². The lowest BCUT2D eigenvalue weighted by atomic mass is 10.1. The molecule has 40 heavy (non-hydrogen) atoms. The van der Waals surface area contributed by atoms with Crippen molar-refractivity contribution in [3.63, 3.8) is 0 Å². The van der Waals surface area contributed by atoms with E-state index in [2.05, 4.69) is 20.5 Å². The zero-order chi connectivity index (χ0) is 28.9. The van der Waals surface area contributed by atoms with Crippen molar-refractivity contribution in [2.75, 3.05) is 5.32 Å². The van der Waals surface area contributed by atoms with Crippen LogP contribution in [0.2, 0.25) is 10.0 Å². The Morgan fingerprint density at radius 1 is 0.925 bits per heavy atom. The Morgan fingerprint density at radius 2 is 1.65 bits per heavy atom. The summed E-state index contributed by atoms with van der Waals surface area (Å²) in [6.07, 6.45) is -1.93. The number of nitrogens with one attached hydrogen (secondary N) is 1. The summed E-state index contributed by atoms with van der Waals surface area (Å²) < 4.78 is 61.3. The van der Waals surface area contributed by atoms with Crippen LogP contribution in [0.25, 0.3) is 10.9 Å². The van der Waals surface area contributed by atoms with Gasteiger partial charge in [0.2, 0.25) is 0 Å². The third kappa shape index (κ3) is 5.31. The summed E-state index contributed by atoms with van der Waals surface area (Å²) in [7, 11) is 3.15. The summed E-state index contributed by atoms with van der Waals surface area (Å²) >= 11 is 11.9. The molecule has 0 aliphatic carbocycles. The second-order valence-corrected chi connectivity index (χ2v) is 9.71. The Morgan fingerprint density at radius 3 is 2.33 bits per heavy atom. The zero-order valence-electron chi connectivity index (χ0n) is 20.7. The van der Waals surface area contributed by atoms with Crippen molar-refractivity contribution in [1.29, 1.82) is 0 Å². The van der Waals surface area contributed by atoms with Crippen molar-refractivity contribution in [1.82, 2.24) is 33.7 Å². The fourth-order valence-electron chi connectivity index (χ4n) is 4.14. The van der Waals surface area contributed by atoms with Gasteiger partial charge in [0.25, 0.3) is 5.56 Å². The lowest BCUT2D eigenvalue weighted by molar-refractivity contribution is -0.136. The molecule has 0 bridgehead atoms. The molecule has 0 radical (unpaired) electrons. The van der Waals surface area contributed by atoms with E-state index >= 15 is 0 Å². The molecule has 0 atom stereocenters. The van der Waals surface area contributed by atoms with Crippen LogP contribution < -0.4 is 16.6 Å². The highest BCUT2D eigenvalue weighted by Gasteiger charge is 2.35. The molecular formula is C24H18Cl2F4N8O2. The molecule has 0 saturated carbocycles. The first kappa shape index (κ1) is 27.4. The minimum atomic E-state index is -4.81. The summed E-state index contributed by atoms with van der Waals surface area (Å²) in [5.74, 6) is -1.00. The van der Waals surface area contributed by atoms with Gasteiger partial charge in [-0.25, -0.2) is 14.2 Å². The van der Waals surface area contributed by atoms with Crippen molar-refractivity contribution in [3.05, 3.63) is 96.5 Å². The molecule has 5 rings (SSSR count). The van der Waals surface area contributed by atoms with Crippen LogP contribution in [0.15, 0.2) is 52.4 Å². The first-order valence-electron chi connectivity index (χ1n) is 11.4. The molecule has 0 saturated heterocycles. The third-order valence-electron chi connectivity index (χ3n) is 5.97. The zero-order valence-corrected chi connectivity index (χ0v) is 22.2. The van der Waals surface area contributed by atoms with Gasteiger partial charge in [-0.15, -0.1) is 0 Å². The number of aromatic nitrogens is 7. The van der Waals surface area contributed by atoms with Crippen molar-refractivity contribution in [3.8, 4) is 0 Å². The summed E-state index contributed by atoms with van der Waals surface area (Å²) in [4.78, 5) is 30.6. The lowest BCUT2D eigenvalue weighted by Crippen LogP contribution is -2.41. The summed E-state index contributed by atoms with van der Waals surface area (Å²) in [6, 6.07) is 5.13. The van der Waals surface area contributed by atoms with E-state index in [4.69, 9.17) is 23.2 Å². The molecule has 0 spiro atoms. The number of hydrogen-bond donors (Lipinski definition) is 1. The molecule has 2 aromatic carbocycles. The Bertz CT molecular complexity index is 1890. The van der Waals surface area contributed by atoms with E-state index in [0.29, 0.717) is 5.39 Å². The third-order valence-corrected chi connectivity index (χ3v) is 6.69. The molecular weight excluding hydrogens is 579 g/mol. The van der Waals surface area contributed by atoms with Crippen LogP contribution in [0.5, 0.6) is 0 Å². The lowest BCUT2D eigenvalue weighted by Gasteiger charge is -2.19. The Hall–Kier alpha value is -4.17. The SMILES string of the molecule is Cn1cnc(Cn2c(=O)cc(Nc3cc4cn(C)nc4cc3C(F)(F)F)n(Cc3cc(Cl)c(Cl)cc3F)c2=O)n1. The van der Waals surface area contributed by atoms with Gasteiger partial charge >= 0.3 is 11.9 Å². The second kappa shape index (κ2) is 10.1. The number of nitrogens with zero attached hydrogens (tertiary/aromatic N) is 7. The molecule has 3 heterocycles. The largest absolute Gasteiger partial charge is 0.418 e. The van der Waals surface area contributed by atoms with Crippen LogP contribution in [0.1, 0.15) is 17.0 Å². The van der Waals surface area contributed by atoms with Crippen LogP contribution >= 0.6 is 23.2 Å². The number of anilines is 2. The Labute approximate surface area is 232 Å². The van der Waals surface area contributed by atoms with Crippen molar-refractivity contribution in [2.45, 2.75) is 19.3 Å². The maximum Gasteiger partial charge on any atom is 0.418 e. The van der Waals surface area contributed by atoms with Crippen molar-refractivity contribution >= 4 is 45.6 Å². The van der Waals surface area contributed by atoms with Crippen molar-refractivity contribution in [2.24, 2.45) is 14.1 Å². The van der Waals surface area contributed by atoms with Gasteiger partial charge in [0.1, 0.15) is 18.0 Å². The van der Waals surface area contributed by atoms with Crippen LogP contribution in [0.3, 0.4) is 0 Å². The first-order valence-corrected chi connectivity index (χ1v) is 12.2. The maximum absolute atomic E-state index is 14.8. The maximum atomic E-state index is 14.8. The molecule has 0 amide bonds. The van der Waals surface area contributed by atoms with E-state index in [1.807, 2.05) is 0 Å². The Balaban J connectivity index is 1.69. The monoisotopic (exact) mass is 596 g/mol. The topological polar surface area (TPSA) is 105 Å².